The Labute approximate surface area is 138 Å². The molecule has 0 saturated carbocycles. The van der Waals surface area contributed by atoms with Crippen LogP contribution in [0.4, 0.5) is 10.1 Å². The van der Waals surface area contributed by atoms with E-state index in [1.54, 1.807) is 13.2 Å². The summed E-state index contributed by atoms with van der Waals surface area (Å²) in [6.45, 7) is 0.329. The summed E-state index contributed by atoms with van der Waals surface area (Å²) in [5, 5.41) is 3.66. The first-order chi connectivity index (χ1) is 9.51. The molecule has 0 amide bonds. The maximum Gasteiger partial charge on any atom is 0.135 e. The Morgan fingerprint density at radius 3 is 2.65 bits per heavy atom. The van der Waals surface area contributed by atoms with Gasteiger partial charge in [-0.05, 0) is 56.1 Å². The molecule has 106 valence electrons. The Morgan fingerprint density at radius 1 is 1.20 bits per heavy atom. The topological polar surface area (TPSA) is 21.3 Å². The number of hydrogen-bond donors (Lipinski definition) is 1. The van der Waals surface area contributed by atoms with E-state index in [0.29, 0.717) is 22.9 Å². The van der Waals surface area contributed by atoms with Gasteiger partial charge >= 0.3 is 0 Å². The highest BCUT2D eigenvalue weighted by atomic mass is 79.9. The Kier molecular flexibility index (Phi) is 5.29. The summed E-state index contributed by atoms with van der Waals surface area (Å²) in [4.78, 5) is 0. The van der Waals surface area contributed by atoms with Crippen LogP contribution in [0.2, 0.25) is 5.02 Å². The van der Waals surface area contributed by atoms with Crippen molar-refractivity contribution < 1.29 is 9.13 Å². The van der Waals surface area contributed by atoms with E-state index in [4.69, 9.17) is 16.3 Å². The Hall–Kier alpha value is -0.780. The van der Waals surface area contributed by atoms with Crippen molar-refractivity contribution >= 4 is 49.1 Å². The van der Waals surface area contributed by atoms with Crippen LogP contribution in [0.25, 0.3) is 0 Å². The van der Waals surface area contributed by atoms with Crippen LogP contribution in [0.3, 0.4) is 0 Å². The molecule has 0 spiro atoms. The lowest BCUT2D eigenvalue weighted by Gasteiger charge is -2.12. The van der Waals surface area contributed by atoms with Crippen LogP contribution in [0, 0.1) is 5.82 Å². The summed E-state index contributed by atoms with van der Waals surface area (Å²) in [5.74, 6) is 0.407. The quantitative estimate of drug-likeness (QED) is 0.689. The zero-order chi connectivity index (χ0) is 14.7. The van der Waals surface area contributed by atoms with Crippen LogP contribution in [0.5, 0.6) is 5.75 Å². The smallest absolute Gasteiger partial charge is 0.135 e. The first kappa shape index (κ1) is 15.6. The third kappa shape index (κ3) is 3.65. The molecule has 0 fully saturated rings. The van der Waals surface area contributed by atoms with E-state index >= 15 is 0 Å². The Balaban J connectivity index is 2.20. The normalized spacial score (nSPS) is 10.4. The predicted molar refractivity (Wildman–Crippen MR) is 87.1 cm³/mol. The summed E-state index contributed by atoms with van der Waals surface area (Å²) >= 11 is 12.7. The minimum atomic E-state index is -0.290. The monoisotopic (exact) mass is 421 g/mol. The van der Waals surface area contributed by atoms with E-state index in [0.717, 1.165) is 14.6 Å². The van der Waals surface area contributed by atoms with E-state index in [1.165, 1.54) is 12.1 Å². The number of benzene rings is 2. The lowest BCUT2D eigenvalue weighted by molar-refractivity contribution is 0.412. The second-order valence-electron chi connectivity index (χ2n) is 4.06. The highest BCUT2D eigenvalue weighted by Gasteiger charge is 2.08. The fourth-order valence-corrected chi connectivity index (χ4v) is 3.18. The molecule has 2 aromatic carbocycles. The van der Waals surface area contributed by atoms with Crippen LogP contribution in [-0.2, 0) is 6.54 Å². The van der Waals surface area contributed by atoms with Crippen molar-refractivity contribution in [2.75, 3.05) is 12.4 Å². The SMILES string of the molecule is COc1cc(NCc2cc(Cl)ccc2F)c(Br)cc1Br. The van der Waals surface area contributed by atoms with Crippen molar-refractivity contribution in [3.63, 3.8) is 0 Å². The lowest BCUT2D eigenvalue weighted by Crippen LogP contribution is -2.03. The van der Waals surface area contributed by atoms with Gasteiger partial charge in [0.15, 0.2) is 0 Å². The molecule has 2 rings (SSSR count). The van der Waals surface area contributed by atoms with Crippen LogP contribution >= 0.6 is 43.5 Å². The molecule has 0 aliphatic heterocycles. The van der Waals surface area contributed by atoms with Gasteiger partial charge in [-0.25, -0.2) is 4.39 Å². The molecule has 20 heavy (non-hydrogen) atoms. The minimum absolute atomic E-state index is 0.290. The van der Waals surface area contributed by atoms with Gasteiger partial charge in [-0.1, -0.05) is 11.6 Å². The van der Waals surface area contributed by atoms with Crippen molar-refractivity contribution in [1.29, 1.82) is 0 Å². The molecule has 0 radical (unpaired) electrons. The molecule has 0 saturated heterocycles. The van der Waals surface area contributed by atoms with E-state index in [-0.39, 0.29) is 5.82 Å². The van der Waals surface area contributed by atoms with Crippen molar-refractivity contribution in [3.05, 3.63) is 55.7 Å². The number of ether oxygens (including phenoxy) is 1. The first-order valence-corrected chi connectivity index (χ1v) is 7.68. The van der Waals surface area contributed by atoms with Gasteiger partial charge in [0.25, 0.3) is 0 Å². The molecule has 0 aliphatic rings. The van der Waals surface area contributed by atoms with Crippen molar-refractivity contribution in [2.45, 2.75) is 6.54 Å². The summed E-state index contributed by atoms with van der Waals surface area (Å²) in [6, 6.07) is 8.19. The molecule has 2 aromatic rings. The molecule has 0 bridgehead atoms. The van der Waals surface area contributed by atoms with E-state index in [9.17, 15) is 4.39 Å². The fourth-order valence-electron chi connectivity index (χ4n) is 1.69. The highest BCUT2D eigenvalue weighted by molar-refractivity contribution is 9.11. The third-order valence-electron chi connectivity index (χ3n) is 2.72. The van der Waals surface area contributed by atoms with Gasteiger partial charge in [-0.3, -0.25) is 0 Å². The highest BCUT2D eigenvalue weighted by Crippen LogP contribution is 2.34. The van der Waals surface area contributed by atoms with E-state index < -0.39 is 0 Å². The van der Waals surface area contributed by atoms with Crippen LogP contribution < -0.4 is 10.1 Å². The predicted octanol–water partition coefficient (Wildman–Crippen LogP) is 5.62. The molecule has 0 aromatic heterocycles. The molecule has 0 unspecified atom stereocenters. The van der Waals surface area contributed by atoms with Gasteiger partial charge < -0.3 is 10.1 Å². The number of methoxy groups -OCH3 is 1. The second-order valence-corrected chi connectivity index (χ2v) is 6.20. The van der Waals surface area contributed by atoms with Crippen molar-refractivity contribution in [3.8, 4) is 5.75 Å². The third-order valence-corrected chi connectivity index (χ3v) is 4.23. The number of rotatable bonds is 4. The van der Waals surface area contributed by atoms with Crippen LogP contribution in [0.15, 0.2) is 39.3 Å². The summed E-state index contributed by atoms with van der Waals surface area (Å²) < 4.78 is 20.6. The molecule has 2 nitrogen and oxygen atoms in total. The number of nitrogens with one attached hydrogen (secondary N) is 1. The molecular formula is C14H11Br2ClFNO. The molecule has 0 heterocycles. The molecular weight excluding hydrogens is 412 g/mol. The van der Waals surface area contributed by atoms with Gasteiger partial charge in [0.2, 0.25) is 0 Å². The summed E-state index contributed by atoms with van der Waals surface area (Å²) in [5.41, 5.74) is 1.32. The van der Waals surface area contributed by atoms with Crippen LogP contribution in [0.1, 0.15) is 5.56 Å². The Morgan fingerprint density at radius 2 is 1.95 bits per heavy atom. The average molecular weight is 424 g/mol. The van der Waals surface area contributed by atoms with E-state index in [2.05, 4.69) is 37.2 Å². The van der Waals surface area contributed by atoms with Crippen molar-refractivity contribution in [1.82, 2.24) is 0 Å². The van der Waals surface area contributed by atoms with Gasteiger partial charge in [0.1, 0.15) is 11.6 Å². The summed E-state index contributed by atoms with van der Waals surface area (Å²) in [7, 11) is 1.59. The molecule has 1 N–H and O–H groups in total. The standard InChI is InChI=1S/C14H11Br2ClFNO/c1-20-14-6-13(10(15)5-11(14)16)19-7-8-4-9(17)2-3-12(8)18/h2-6,19H,7H2,1H3. The van der Waals surface area contributed by atoms with Crippen molar-refractivity contribution in [2.24, 2.45) is 0 Å². The van der Waals surface area contributed by atoms with E-state index in [1.807, 2.05) is 12.1 Å². The van der Waals surface area contributed by atoms with Gasteiger partial charge in [0.05, 0.1) is 17.3 Å². The second kappa shape index (κ2) is 6.78. The molecule has 0 aliphatic carbocycles. The maximum atomic E-state index is 13.6. The zero-order valence-corrected chi connectivity index (χ0v) is 14.4. The van der Waals surface area contributed by atoms with Gasteiger partial charge in [-0.15, -0.1) is 0 Å². The molecule has 0 atom stereocenters. The number of anilines is 1. The maximum absolute atomic E-state index is 13.6. The number of hydrogen-bond acceptors (Lipinski definition) is 2. The zero-order valence-electron chi connectivity index (χ0n) is 10.5. The van der Waals surface area contributed by atoms with Gasteiger partial charge in [0, 0.05) is 27.7 Å². The fraction of sp³-hybridized carbons (Fsp3) is 0.143. The Bertz CT molecular complexity index is 637. The average Bonchev–Trinajstić information content (AvgIpc) is 2.41. The van der Waals surface area contributed by atoms with Gasteiger partial charge in [-0.2, -0.15) is 0 Å². The minimum Gasteiger partial charge on any atom is -0.495 e. The lowest BCUT2D eigenvalue weighted by atomic mass is 10.2. The first-order valence-electron chi connectivity index (χ1n) is 5.72. The largest absolute Gasteiger partial charge is 0.495 e. The summed E-state index contributed by atoms with van der Waals surface area (Å²) in [6.07, 6.45) is 0. The molecule has 6 heteroatoms. The van der Waals surface area contributed by atoms with Crippen LogP contribution in [-0.4, -0.2) is 7.11 Å². The number of halogens is 4.